The number of aliphatic hydroxyl groups excluding tert-OH is 1. The maximum atomic E-state index is 13.0. The third-order valence-corrected chi connectivity index (χ3v) is 5.14. The van der Waals surface area contributed by atoms with Crippen molar-refractivity contribution in [3.05, 3.63) is 65.2 Å². The molecule has 1 heterocycles. The molecule has 1 saturated heterocycles. The number of ether oxygens (including phenoxy) is 3. The Bertz CT molecular complexity index is 969. The number of hydrogen-bond acceptors (Lipinski definition) is 6. The van der Waals surface area contributed by atoms with Crippen LogP contribution in [0.25, 0.3) is 5.76 Å². The first-order valence-electron chi connectivity index (χ1n) is 10.2. The lowest BCUT2D eigenvalue weighted by Crippen LogP contribution is -2.31. The lowest BCUT2D eigenvalue weighted by molar-refractivity contribution is -0.140. The highest BCUT2D eigenvalue weighted by atomic mass is 16.5. The summed E-state index contributed by atoms with van der Waals surface area (Å²) in [6.45, 7) is 3.10. The summed E-state index contributed by atoms with van der Waals surface area (Å²) in [6, 6.07) is 13.3. The van der Waals surface area contributed by atoms with Crippen molar-refractivity contribution in [3.63, 3.8) is 0 Å². The van der Waals surface area contributed by atoms with E-state index in [9.17, 15) is 14.7 Å². The Morgan fingerprint density at radius 1 is 1.06 bits per heavy atom. The van der Waals surface area contributed by atoms with E-state index < -0.39 is 17.7 Å². The Morgan fingerprint density at radius 2 is 1.81 bits per heavy atom. The number of ketones is 1. The molecule has 0 spiro atoms. The van der Waals surface area contributed by atoms with E-state index in [2.05, 4.69) is 0 Å². The number of rotatable bonds is 9. The fourth-order valence-electron chi connectivity index (χ4n) is 3.72. The molecule has 1 amide bonds. The normalized spacial score (nSPS) is 17.8. The molecule has 0 aliphatic carbocycles. The second-order valence-corrected chi connectivity index (χ2v) is 7.05. The number of aliphatic hydroxyl groups is 1. The Balaban J connectivity index is 2.13. The number of methoxy groups -OCH3 is 2. The number of benzene rings is 2. The van der Waals surface area contributed by atoms with Crippen LogP contribution in [0.3, 0.4) is 0 Å². The third-order valence-electron chi connectivity index (χ3n) is 5.14. The van der Waals surface area contributed by atoms with Crippen molar-refractivity contribution in [1.29, 1.82) is 0 Å². The summed E-state index contributed by atoms with van der Waals surface area (Å²) in [6.07, 6.45) is 0.555. The van der Waals surface area contributed by atoms with Crippen molar-refractivity contribution in [2.75, 3.05) is 34.0 Å². The van der Waals surface area contributed by atoms with Gasteiger partial charge in [-0.2, -0.15) is 0 Å². The molecule has 0 aromatic heterocycles. The number of hydrogen-bond donors (Lipinski definition) is 1. The van der Waals surface area contributed by atoms with Gasteiger partial charge in [0.1, 0.15) is 5.76 Å². The van der Waals surface area contributed by atoms with Crippen molar-refractivity contribution in [2.24, 2.45) is 0 Å². The molecular formula is C24H27NO6. The lowest BCUT2D eigenvalue weighted by atomic mass is 9.95. The molecular weight excluding hydrogens is 398 g/mol. The molecule has 2 aromatic rings. The maximum absolute atomic E-state index is 13.0. The van der Waals surface area contributed by atoms with Crippen molar-refractivity contribution >= 4 is 17.4 Å². The summed E-state index contributed by atoms with van der Waals surface area (Å²) in [4.78, 5) is 27.3. The van der Waals surface area contributed by atoms with E-state index in [1.807, 2.05) is 13.0 Å². The molecule has 7 heteroatoms. The molecule has 0 radical (unpaired) electrons. The summed E-state index contributed by atoms with van der Waals surface area (Å²) in [5.74, 6) is -0.510. The predicted molar refractivity (Wildman–Crippen MR) is 116 cm³/mol. The smallest absolute Gasteiger partial charge is 0.295 e. The zero-order chi connectivity index (χ0) is 22.4. The van der Waals surface area contributed by atoms with Crippen molar-refractivity contribution < 1.29 is 28.9 Å². The Kier molecular flexibility index (Phi) is 7.31. The average molecular weight is 425 g/mol. The molecule has 1 atom stereocenters. The molecule has 7 nitrogen and oxygen atoms in total. The fourth-order valence-corrected chi connectivity index (χ4v) is 3.72. The molecule has 1 N–H and O–H groups in total. The number of carbonyl (C=O) groups is 2. The van der Waals surface area contributed by atoms with Crippen LogP contribution in [-0.4, -0.2) is 55.7 Å². The van der Waals surface area contributed by atoms with Crippen molar-refractivity contribution in [2.45, 2.75) is 19.4 Å². The van der Waals surface area contributed by atoms with Crippen LogP contribution in [0, 0.1) is 0 Å². The lowest BCUT2D eigenvalue weighted by Gasteiger charge is -2.26. The summed E-state index contributed by atoms with van der Waals surface area (Å²) < 4.78 is 16.1. The zero-order valence-electron chi connectivity index (χ0n) is 18.0. The summed E-state index contributed by atoms with van der Waals surface area (Å²) >= 11 is 0. The van der Waals surface area contributed by atoms with Gasteiger partial charge >= 0.3 is 0 Å². The monoisotopic (exact) mass is 425 g/mol. The number of amides is 1. The highest BCUT2D eigenvalue weighted by Gasteiger charge is 2.46. The Labute approximate surface area is 181 Å². The van der Waals surface area contributed by atoms with Gasteiger partial charge in [-0.25, -0.2) is 0 Å². The first-order valence-corrected chi connectivity index (χ1v) is 10.2. The first-order chi connectivity index (χ1) is 15.0. The highest BCUT2D eigenvalue weighted by molar-refractivity contribution is 6.46. The Hall–Kier alpha value is -3.32. The van der Waals surface area contributed by atoms with E-state index >= 15 is 0 Å². The molecule has 1 aliphatic rings. The van der Waals surface area contributed by atoms with Crippen LogP contribution in [-0.2, 0) is 14.3 Å². The molecule has 0 bridgehead atoms. The SMILES string of the molecule is CCOc1ccc([C@@H]2/C(=C(\O)c3ccccc3)C(=O)C(=O)N2CCCOC)cc1OC. The quantitative estimate of drug-likeness (QED) is 0.286. The predicted octanol–water partition coefficient (Wildman–Crippen LogP) is 3.55. The number of carbonyl (C=O) groups excluding carboxylic acids is 2. The summed E-state index contributed by atoms with van der Waals surface area (Å²) in [5.41, 5.74) is 1.18. The second kappa shape index (κ2) is 10.1. The molecule has 1 fully saturated rings. The average Bonchev–Trinajstić information content (AvgIpc) is 3.05. The van der Waals surface area contributed by atoms with Crippen LogP contribution in [0.15, 0.2) is 54.1 Å². The van der Waals surface area contributed by atoms with Gasteiger partial charge in [0.25, 0.3) is 11.7 Å². The number of nitrogens with zero attached hydrogens (tertiary/aromatic N) is 1. The van der Waals surface area contributed by atoms with Crippen molar-refractivity contribution in [1.82, 2.24) is 4.90 Å². The van der Waals surface area contributed by atoms with Gasteiger partial charge in [-0.1, -0.05) is 36.4 Å². The molecule has 0 saturated carbocycles. The third kappa shape index (κ3) is 4.56. The van der Waals surface area contributed by atoms with E-state index in [1.165, 1.54) is 12.0 Å². The highest BCUT2D eigenvalue weighted by Crippen LogP contribution is 2.42. The van der Waals surface area contributed by atoms with E-state index in [4.69, 9.17) is 14.2 Å². The molecule has 1 aliphatic heterocycles. The van der Waals surface area contributed by atoms with E-state index in [1.54, 1.807) is 49.6 Å². The van der Waals surface area contributed by atoms with Crippen LogP contribution in [0.1, 0.15) is 30.5 Å². The van der Waals surface area contributed by atoms with Crippen LogP contribution >= 0.6 is 0 Å². The largest absolute Gasteiger partial charge is 0.507 e. The molecule has 31 heavy (non-hydrogen) atoms. The van der Waals surface area contributed by atoms with E-state index in [-0.39, 0.29) is 11.3 Å². The van der Waals surface area contributed by atoms with Gasteiger partial charge in [-0.3, -0.25) is 9.59 Å². The van der Waals surface area contributed by atoms with E-state index in [0.29, 0.717) is 48.8 Å². The minimum atomic E-state index is -0.748. The standard InChI is InChI=1S/C24H27NO6/c1-4-31-18-12-11-17(15-19(18)30-3)21-20(22(26)16-9-6-5-7-10-16)23(27)24(28)25(21)13-8-14-29-2/h5-7,9-12,15,21,26H,4,8,13-14H2,1-3H3/b22-20+/t21-/m1/s1. The van der Waals surface area contributed by atoms with Crippen LogP contribution in [0.2, 0.25) is 0 Å². The summed E-state index contributed by atoms with van der Waals surface area (Å²) in [7, 11) is 3.11. The zero-order valence-corrected chi connectivity index (χ0v) is 18.0. The topological polar surface area (TPSA) is 85.3 Å². The molecule has 2 aromatic carbocycles. The molecule has 164 valence electrons. The van der Waals surface area contributed by atoms with Gasteiger partial charge in [0, 0.05) is 25.8 Å². The summed E-state index contributed by atoms with van der Waals surface area (Å²) in [5, 5.41) is 11.0. The van der Waals surface area contributed by atoms with Crippen LogP contribution in [0.5, 0.6) is 11.5 Å². The number of Topliss-reactive ketones (excluding diaryl/α,β-unsaturated/α-hetero) is 1. The van der Waals surface area contributed by atoms with Gasteiger partial charge < -0.3 is 24.2 Å². The molecule has 3 rings (SSSR count). The van der Waals surface area contributed by atoms with Gasteiger partial charge in [-0.15, -0.1) is 0 Å². The fraction of sp³-hybridized carbons (Fsp3) is 0.333. The second-order valence-electron chi connectivity index (χ2n) is 7.05. The Morgan fingerprint density at radius 3 is 2.45 bits per heavy atom. The number of likely N-dealkylation sites (tertiary alicyclic amines) is 1. The minimum absolute atomic E-state index is 0.0554. The first kappa shape index (κ1) is 22.4. The van der Waals surface area contributed by atoms with Gasteiger partial charge in [-0.05, 0) is 31.0 Å². The maximum Gasteiger partial charge on any atom is 0.295 e. The van der Waals surface area contributed by atoms with E-state index in [0.717, 1.165) is 0 Å². The minimum Gasteiger partial charge on any atom is -0.507 e. The molecule has 0 unspecified atom stereocenters. The van der Waals surface area contributed by atoms with Crippen LogP contribution in [0.4, 0.5) is 0 Å². The van der Waals surface area contributed by atoms with Gasteiger partial charge in [0.2, 0.25) is 0 Å². The van der Waals surface area contributed by atoms with Crippen LogP contribution < -0.4 is 9.47 Å². The van der Waals surface area contributed by atoms with Crippen molar-refractivity contribution in [3.8, 4) is 11.5 Å². The van der Waals surface area contributed by atoms with Gasteiger partial charge in [0.15, 0.2) is 11.5 Å². The van der Waals surface area contributed by atoms with Gasteiger partial charge in [0.05, 0.1) is 25.3 Å².